The van der Waals surface area contributed by atoms with Crippen LogP contribution in [0.3, 0.4) is 0 Å². The average molecular weight is 298 g/mol. The Kier molecular flexibility index (Phi) is 7.72. The standard InChI is InChI=1S/C16H30N2O3/c1-5-21-16(20)14-8-6-7-11-18(14)13(4)15(19)17-10-9-12(2)3/h12-14H,5-11H2,1-4H3,(H,17,19). The largest absolute Gasteiger partial charge is 0.465 e. The van der Waals surface area contributed by atoms with Crippen molar-refractivity contribution in [3.05, 3.63) is 0 Å². The van der Waals surface area contributed by atoms with Gasteiger partial charge in [-0.25, -0.2) is 0 Å². The molecule has 0 bridgehead atoms. The van der Waals surface area contributed by atoms with E-state index in [2.05, 4.69) is 19.2 Å². The SMILES string of the molecule is CCOC(=O)C1CCCCN1C(C)C(=O)NCCC(C)C. The Balaban J connectivity index is 2.57. The monoisotopic (exact) mass is 298 g/mol. The molecule has 0 aromatic heterocycles. The number of carbonyl (C=O) groups excluding carboxylic acids is 2. The number of rotatable bonds is 7. The highest BCUT2D eigenvalue weighted by atomic mass is 16.5. The van der Waals surface area contributed by atoms with E-state index in [0.717, 1.165) is 32.2 Å². The van der Waals surface area contributed by atoms with Crippen molar-refractivity contribution in [2.75, 3.05) is 19.7 Å². The van der Waals surface area contributed by atoms with Crippen LogP contribution < -0.4 is 5.32 Å². The third kappa shape index (κ3) is 5.65. The van der Waals surface area contributed by atoms with Crippen molar-refractivity contribution in [1.29, 1.82) is 0 Å². The van der Waals surface area contributed by atoms with Gasteiger partial charge < -0.3 is 10.1 Å². The molecule has 21 heavy (non-hydrogen) atoms. The summed E-state index contributed by atoms with van der Waals surface area (Å²) in [5, 5.41) is 2.97. The lowest BCUT2D eigenvalue weighted by Gasteiger charge is -2.37. The molecule has 0 aromatic rings. The number of amides is 1. The quantitative estimate of drug-likeness (QED) is 0.730. The maximum Gasteiger partial charge on any atom is 0.323 e. The summed E-state index contributed by atoms with van der Waals surface area (Å²) < 4.78 is 5.14. The second-order valence-corrected chi connectivity index (χ2v) is 6.15. The number of likely N-dealkylation sites (tertiary alicyclic amines) is 1. The number of carbonyl (C=O) groups is 2. The van der Waals surface area contributed by atoms with Gasteiger partial charge in [0.1, 0.15) is 6.04 Å². The number of esters is 1. The predicted octanol–water partition coefficient (Wildman–Crippen LogP) is 1.95. The lowest BCUT2D eigenvalue weighted by atomic mass is 10.00. The Bertz CT molecular complexity index is 344. The molecule has 0 spiro atoms. The van der Waals surface area contributed by atoms with Crippen molar-refractivity contribution in [1.82, 2.24) is 10.2 Å². The predicted molar refractivity (Wildman–Crippen MR) is 82.9 cm³/mol. The lowest BCUT2D eigenvalue weighted by Crippen LogP contribution is -2.54. The molecule has 1 amide bonds. The molecule has 0 radical (unpaired) electrons. The highest BCUT2D eigenvalue weighted by Crippen LogP contribution is 2.21. The van der Waals surface area contributed by atoms with Crippen molar-refractivity contribution in [2.24, 2.45) is 5.92 Å². The van der Waals surface area contributed by atoms with Crippen LogP contribution in [0.25, 0.3) is 0 Å². The van der Waals surface area contributed by atoms with E-state index in [0.29, 0.717) is 19.1 Å². The summed E-state index contributed by atoms with van der Waals surface area (Å²) in [6, 6.07) is -0.559. The molecule has 1 saturated heterocycles. The van der Waals surface area contributed by atoms with Crippen LogP contribution >= 0.6 is 0 Å². The van der Waals surface area contributed by atoms with E-state index in [-0.39, 0.29) is 24.0 Å². The molecule has 2 atom stereocenters. The summed E-state index contributed by atoms with van der Waals surface area (Å²) >= 11 is 0. The minimum absolute atomic E-state index is 0.00634. The fourth-order valence-corrected chi connectivity index (χ4v) is 2.69. The van der Waals surface area contributed by atoms with E-state index >= 15 is 0 Å². The average Bonchev–Trinajstić information content (AvgIpc) is 2.46. The zero-order valence-corrected chi connectivity index (χ0v) is 13.9. The van der Waals surface area contributed by atoms with Crippen molar-refractivity contribution in [3.63, 3.8) is 0 Å². The molecule has 1 rings (SSSR count). The van der Waals surface area contributed by atoms with Gasteiger partial charge in [-0.1, -0.05) is 20.3 Å². The zero-order chi connectivity index (χ0) is 15.8. The summed E-state index contributed by atoms with van der Waals surface area (Å²) in [6.45, 7) is 9.82. The molecule has 122 valence electrons. The van der Waals surface area contributed by atoms with E-state index in [1.165, 1.54) is 0 Å². The molecule has 1 N–H and O–H groups in total. The number of nitrogens with zero attached hydrogens (tertiary/aromatic N) is 1. The molecule has 0 aliphatic carbocycles. The number of ether oxygens (including phenoxy) is 1. The van der Waals surface area contributed by atoms with Crippen LogP contribution in [0.5, 0.6) is 0 Å². The molecular formula is C16H30N2O3. The number of hydrogen-bond donors (Lipinski definition) is 1. The second-order valence-electron chi connectivity index (χ2n) is 6.15. The molecule has 0 saturated carbocycles. The van der Waals surface area contributed by atoms with Gasteiger partial charge in [0.2, 0.25) is 5.91 Å². The minimum atomic E-state index is -0.285. The van der Waals surface area contributed by atoms with Crippen LogP contribution in [0, 0.1) is 5.92 Å². The fraction of sp³-hybridized carbons (Fsp3) is 0.875. The van der Waals surface area contributed by atoms with E-state index in [1.54, 1.807) is 0 Å². The van der Waals surface area contributed by atoms with Crippen molar-refractivity contribution in [2.45, 2.75) is 65.5 Å². The normalized spacial score (nSPS) is 21.1. The van der Waals surface area contributed by atoms with Gasteiger partial charge in [-0.3, -0.25) is 14.5 Å². The third-order valence-corrected chi connectivity index (χ3v) is 4.00. The van der Waals surface area contributed by atoms with Crippen molar-refractivity contribution in [3.8, 4) is 0 Å². The van der Waals surface area contributed by atoms with Gasteiger partial charge in [-0.05, 0) is 45.6 Å². The van der Waals surface area contributed by atoms with Crippen LogP contribution in [0.1, 0.15) is 53.4 Å². The first kappa shape index (κ1) is 18.0. The molecule has 1 heterocycles. The topological polar surface area (TPSA) is 58.6 Å². The summed E-state index contributed by atoms with van der Waals surface area (Å²) in [6.07, 6.45) is 3.80. The zero-order valence-electron chi connectivity index (χ0n) is 13.9. The van der Waals surface area contributed by atoms with Gasteiger partial charge in [-0.15, -0.1) is 0 Å². The molecule has 5 heteroatoms. The Hall–Kier alpha value is -1.10. The van der Waals surface area contributed by atoms with Crippen LogP contribution in [0.15, 0.2) is 0 Å². The molecule has 5 nitrogen and oxygen atoms in total. The Morgan fingerprint density at radius 1 is 1.29 bits per heavy atom. The van der Waals surface area contributed by atoms with Crippen molar-refractivity contribution >= 4 is 11.9 Å². The van der Waals surface area contributed by atoms with Gasteiger partial charge in [0, 0.05) is 6.54 Å². The molecule has 0 aromatic carbocycles. The van der Waals surface area contributed by atoms with Crippen LogP contribution in [0.4, 0.5) is 0 Å². The van der Waals surface area contributed by atoms with Gasteiger partial charge in [-0.2, -0.15) is 0 Å². The summed E-state index contributed by atoms with van der Waals surface area (Å²) in [5.41, 5.74) is 0. The van der Waals surface area contributed by atoms with Gasteiger partial charge in [0.25, 0.3) is 0 Å². The van der Waals surface area contributed by atoms with Crippen LogP contribution in [-0.4, -0.2) is 48.6 Å². The van der Waals surface area contributed by atoms with E-state index in [1.807, 2.05) is 18.7 Å². The first-order chi connectivity index (χ1) is 9.97. The maximum absolute atomic E-state index is 12.2. The van der Waals surface area contributed by atoms with E-state index in [4.69, 9.17) is 4.74 Å². The van der Waals surface area contributed by atoms with Gasteiger partial charge in [0.05, 0.1) is 12.6 Å². The molecule has 2 unspecified atom stereocenters. The molecular weight excluding hydrogens is 268 g/mol. The van der Waals surface area contributed by atoms with E-state index < -0.39 is 0 Å². The lowest BCUT2D eigenvalue weighted by molar-refractivity contribution is -0.153. The number of hydrogen-bond acceptors (Lipinski definition) is 4. The van der Waals surface area contributed by atoms with Crippen molar-refractivity contribution < 1.29 is 14.3 Å². The number of piperidine rings is 1. The molecule has 1 aliphatic rings. The Morgan fingerprint density at radius 3 is 2.62 bits per heavy atom. The van der Waals surface area contributed by atoms with Gasteiger partial charge >= 0.3 is 5.97 Å². The Morgan fingerprint density at radius 2 is 2.00 bits per heavy atom. The second kappa shape index (κ2) is 9.03. The highest BCUT2D eigenvalue weighted by molar-refractivity contribution is 5.83. The first-order valence-electron chi connectivity index (χ1n) is 8.17. The van der Waals surface area contributed by atoms with Crippen LogP contribution in [-0.2, 0) is 14.3 Å². The first-order valence-corrected chi connectivity index (χ1v) is 8.17. The third-order valence-electron chi connectivity index (χ3n) is 4.00. The summed E-state index contributed by atoms with van der Waals surface area (Å²) in [7, 11) is 0. The summed E-state index contributed by atoms with van der Waals surface area (Å²) in [4.78, 5) is 26.3. The van der Waals surface area contributed by atoms with E-state index in [9.17, 15) is 9.59 Å². The highest BCUT2D eigenvalue weighted by Gasteiger charge is 2.35. The number of nitrogens with one attached hydrogen (secondary N) is 1. The molecule has 1 fully saturated rings. The summed E-state index contributed by atoms with van der Waals surface area (Å²) in [5.74, 6) is 0.383. The minimum Gasteiger partial charge on any atom is -0.465 e. The Labute approximate surface area is 128 Å². The fourth-order valence-electron chi connectivity index (χ4n) is 2.69. The van der Waals surface area contributed by atoms with Crippen LogP contribution in [0.2, 0.25) is 0 Å². The smallest absolute Gasteiger partial charge is 0.323 e. The maximum atomic E-state index is 12.2. The molecule has 1 aliphatic heterocycles. The van der Waals surface area contributed by atoms with Gasteiger partial charge in [0.15, 0.2) is 0 Å².